The van der Waals surface area contributed by atoms with Crippen molar-refractivity contribution in [3.63, 3.8) is 0 Å². The summed E-state index contributed by atoms with van der Waals surface area (Å²) in [5.74, 6) is 0. The van der Waals surface area contributed by atoms with Crippen molar-refractivity contribution in [2.24, 2.45) is 0 Å². The lowest BCUT2D eigenvalue weighted by atomic mass is 9.97. The minimum atomic E-state index is -1.04. The van der Waals surface area contributed by atoms with Crippen LogP contribution in [-0.2, 0) is 4.74 Å². The summed E-state index contributed by atoms with van der Waals surface area (Å²) in [6, 6.07) is 14.5. The molecule has 2 aromatic carbocycles. The summed E-state index contributed by atoms with van der Waals surface area (Å²) in [5, 5.41) is 21.5. The molecule has 0 saturated carbocycles. The third kappa shape index (κ3) is 4.00. The van der Waals surface area contributed by atoms with Gasteiger partial charge >= 0.3 is 5.69 Å². The van der Waals surface area contributed by atoms with Crippen LogP contribution in [0.25, 0.3) is 5.69 Å². The van der Waals surface area contributed by atoms with Gasteiger partial charge < -0.3 is 14.9 Å². The minimum absolute atomic E-state index is 0.121. The topological polar surface area (TPSA) is 93.7 Å². The molecule has 1 aliphatic rings. The number of benzene rings is 2. The lowest BCUT2D eigenvalue weighted by molar-refractivity contribution is -0.0851. The maximum absolute atomic E-state index is 13.3. The molecule has 2 heterocycles. The Morgan fingerprint density at radius 1 is 1.06 bits per heavy atom. The van der Waals surface area contributed by atoms with Crippen LogP contribution >= 0.6 is 22.6 Å². The van der Waals surface area contributed by atoms with Crippen LogP contribution in [0.3, 0.4) is 0 Å². The molecule has 0 bridgehead atoms. The van der Waals surface area contributed by atoms with E-state index in [1.807, 2.05) is 66.8 Å². The van der Waals surface area contributed by atoms with Gasteiger partial charge in [0.25, 0.3) is 5.56 Å². The zero-order chi connectivity index (χ0) is 22.3. The van der Waals surface area contributed by atoms with Crippen LogP contribution in [0, 0.1) is 17.4 Å². The molecule has 31 heavy (non-hydrogen) atoms. The molecule has 4 atom stereocenters. The highest BCUT2D eigenvalue weighted by Gasteiger charge is 2.41. The number of nitrogens with zero attached hydrogens (tertiary/aromatic N) is 2. The Morgan fingerprint density at radius 3 is 2.39 bits per heavy atom. The number of aryl methyl sites for hydroxylation is 2. The third-order valence-corrected chi connectivity index (χ3v) is 6.43. The van der Waals surface area contributed by atoms with Crippen molar-refractivity contribution < 1.29 is 14.9 Å². The summed E-state index contributed by atoms with van der Waals surface area (Å²) in [4.78, 5) is 26.1. The van der Waals surface area contributed by atoms with Gasteiger partial charge in [0.2, 0.25) is 0 Å². The molecular weight excluding hydrogens is 511 g/mol. The molecule has 1 unspecified atom stereocenters. The molecule has 3 aromatic rings. The fourth-order valence-electron chi connectivity index (χ4n) is 4.00. The molecule has 4 rings (SSSR count). The van der Waals surface area contributed by atoms with Crippen LogP contribution in [0.15, 0.2) is 64.3 Å². The van der Waals surface area contributed by atoms with Gasteiger partial charge in [-0.2, -0.15) is 0 Å². The van der Waals surface area contributed by atoms with Crippen molar-refractivity contribution in [3.05, 3.63) is 95.8 Å². The van der Waals surface area contributed by atoms with Gasteiger partial charge in [0.15, 0.2) is 0 Å². The normalized spacial score (nSPS) is 21.9. The van der Waals surface area contributed by atoms with E-state index in [1.165, 1.54) is 10.8 Å². The van der Waals surface area contributed by atoms with Crippen LogP contribution in [0.2, 0.25) is 0 Å². The highest BCUT2D eigenvalue weighted by atomic mass is 127. The van der Waals surface area contributed by atoms with Crippen molar-refractivity contribution >= 4 is 22.6 Å². The highest BCUT2D eigenvalue weighted by Crippen LogP contribution is 2.36. The number of aliphatic hydroxyl groups excluding tert-OH is 2. The molecule has 1 saturated heterocycles. The van der Waals surface area contributed by atoms with Gasteiger partial charge in [0.05, 0.1) is 15.4 Å². The van der Waals surface area contributed by atoms with Crippen LogP contribution in [0.1, 0.15) is 35.4 Å². The van der Waals surface area contributed by atoms with Gasteiger partial charge in [-0.25, -0.2) is 9.36 Å². The zero-order valence-corrected chi connectivity index (χ0v) is 19.3. The standard InChI is InChI=1S/C23H23IN2O5/c1-13-7-3-5-9-15(13)20(28)21-18(27)11-19(31-21)25-12-16(24)22(29)26(23(25)30)17-10-6-4-8-14(17)2/h3-10,12,18-21,27-28H,11H2,1-2H3/t18-,19+,20?,21-/m0/s1. The monoisotopic (exact) mass is 534 g/mol. The van der Waals surface area contributed by atoms with Crippen molar-refractivity contribution in [3.8, 4) is 5.69 Å². The molecule has 1 fully saturated rings. The number of hydrogen-bond donors (Lipinski definition) is 2. The number of ether oxygens (including phenoxy) is 1. The fourth-order valence-corrected chi connectivity index (χ4v) is 4.54. The highest BCUT2D eigenvalue weighted by molar-refractivity contribution is 14.1. The Hall–Kier alpha value is -2.27. The second kappa shape index (κ2) is 8.70. The predicted octanol–water partition coefficient (Wildman–Crippen LogP) is 2.60. The molecule has 2 N–H and O–H groups in total. The number of para-hydroxylation sites is 1. The van der Waals surface area contributed by atoms with Crippen LogP contribution in [0.4, 0.5) is 0 Å². The first-order valence-electron chi connectivity index (χ1n) is 9.96. The van der Waals surface area contributed by atoms with E-state index in [4.69, 9.17) is 4.74 Å². The van der Waals surface area contributed by atoms with E-state index in [1.54, 1.807) is 18.2 Å². The maximum Gasteiger partial charge on any atom is 0.337 e. The van der Waals surface area contributed by atoms with Gasteiger partial charge in [-0.05, 0) is 59.2 Å². The average Bonchev–Trinajstić information content (AvgIpc) is 3.13. The van der Waals surface area contributed by atoms with Crippen LogP contribution in [-0.4, -0.2) is 31.6 Å². The lowest BCUT2D eigenvalue weighted by Crippen LogP contribution is -2.41. The minimum Gasteiger partial charge on any atom is -0.390 e. The SMILES string of the molecule is Cc1ccccc1C(O)[C@H]1O[C@@H](n2cc(I)c(=O)n(-c3ccccc3C)c2=O)C[C@@H]1O. The Bertz CT molecular complexity index is 1240. The van der Waals surface area contributed by atoms with E-state index < -0.39 is 35.8 Å². The summed E-state index contributed by atoms with van der Waals surface area (Å²) in [6.07, 6.45) is -2.15. The van der Waals surface area contributed by atoms with Crippen LogP contribution in [0.5, 0.6) is 0 Å². The zero-order valence-electron chi connectivity index (χ0n) is 17.1. The molecule has 8 heteroatoms. The van der Waals surface area contributed by atoms with E-state index in [2.05, 4.69) is 0 Å². The summed E-state index contributed by atoms with van der Waals surface area (Å²) >= 11 is 1.89. The number of halogens is 1. The quantitative estimate of drug-likeness (QED) is 0.503. The first kappa shape index (κ1) is 21.9. The molecule has 0 radical (unpaired) electrons. The van der Waals surface area contributed by atoms with Crippen molar-refractivity contribution in [2.75, 3.05) is 0 Å². The first-order valence-corrected chi connectivity index (χ1v) is 11.0. The maximum atomic E-state index is 13.3. The van der Waals surface area contributed by atoms with Crippen LogP contribution < -0.4 is 11.2 Å². The van der Waals surface area contributed by atoms with E-state index >= 15 is 0 Å². The van der Waals surface area contributed by atoms with Gasteiger partial charge in [-0.15, -0.1) is 0 Å². The van der Waals surface area contributed by atoms with Gasteiger partial charge in [0, 0.05) is 12.6 Å². The average molecular weight is 534 g/mol. The van der Waals surface area contributed by atoms with E-state index in [9.17, 15) is 19.8 Å². The fraction of sp³-hybridized carbons (Fsp3) is 0.304. The number of aliphatic hydroxyl groups is 2. The molecule has 7 nitrogen and oxygen atoms in total. The third-order valence-electron chi connectivity index (χ3n) is 5.69. The number of aromatic nitrogens is 2. The summed E-state index contributed by atoms with van der Waals surface area (Å²) < 4.78 is 8.77. The van der Waals surface area contributed by atoms with Gasteiger partial charge in [-0.3, -0.25) is 9.36 Å². The number of rotatable bonds is 4. The molecule has 0 aliphatic carbocycles. The summed E-state index contributed by atoms with van der Waals surface area (Å²) in [7, 11) is 0. The Kier molecular flexibility index (Phi) is 6.16. The summed E-state index contributed by atoms with van der Waals surface area (Å²) in [5.41, 5.74) is 1.87. The molecule has 1 aliphatic heterocycles. The summed E-state index contributed by atoms with van der Waals surface area (Å²) in [6.45, 7) is 3.71. The Balaban J connectivity index is 1.73. The number of hydrogen-bond acceptors (Lipinski definition) is 5. The van der Waals surface area contributed by atoms with Gasteiger partial charge in [0.1, 0.15) is 18.4 Å². The molecule has 1 aromatic heterocycles. The van der Waals surface area contributed by atoms with Crippen molar-refractivity contribution in [1.82, 2.24) is 9.13 Å². The van der Waals surface area contributed by atoms with Crippen molar-refractivity contribution in [2.45, 2.75) is 44.8 Å². The molecule has 162 valence electrons. The van der Waals surface area contributed by atoms with E-state index in [0.29, 0.717) is 14.8 Å². The van der Waals surface area contributed by atoms with Crippen molar-refractivity contribution in [1.29, 1.82) is 0 Å². The van der Waals surface area contributed by atoms with Gasteiger partial charge in [-0.1, -0.05) is 42.5 Å². The van der Waals surface area contributed by atoms with E-state index in [-0.39, 0.29) is 6.42 Å². The van der Waals surface area contributed by atoms with E-state index in [0.717, 1.165) is 15.7 Å². The Morgan fingerprint density at radius 2 is 1.71 bits per heavy atom. The largest absolute Gasteiger partial charge is 0.390 e. The predicted molar refractivity (Wildman–Crippen MR) is 124 cm³/mol. The second-order valence-corrected chi connectivity index (χ2v) is 8.92. The Labute approximate surface area is 192 Å². The second-order valence-electron chi connectivity index (χ2n) is 7.75. The smallest absolute Gasteiger partial charge is 0.337 e. The molecular formula is C23H23IN2O5. The molecule has 0 spiro atoms. The first-order chi connectivity index (χ1) is 14.8. The molecule has 0 amide bonds. The lowest BCUT2D eigenvalue weighted by Gasteiger charge is -2.23.